The molecule has 0 radical (unpaired) electrons. The lowest BCUT2D eigenvalue weighted by molar-refractivity contribution is -0.137. The van der Waals surface area contributed by atoms with Crippen LogP contribution in [0.15, 0.2) is 29.2 Å². The Labute approximate surface area is 155 Å². The Balaban J connectivity index is 1.93. The van der Waals surface area contributed by atoms with E-state index in [2.05, 4.69) is 5.32 Å². The van der Waals surface area contributed by atoms with E-state index in [4.69, 9.17) is 0 Å². The number of nitrogens with zero attached hydrogens (tertiary/aromatic N) is 1. The molecule has 2 amide bonds. The van der Waals surface area contributed by atoms with Crippen LogP contribution in [0.2, 0.25) is 0 Å². The van der Waals surface area contributed by atoms with Gasteiger partial charge in [0.1, 0.15) is 0 Å². The first kappa shape index (κ1) is 20.6. The van der Waals surface area contributed by atoms with Crippen molar-refractivity contribution in [3.63, 3.8) is 0 Å². The Bertz CT molecular complexity index is 642. The zero-order chi connectivity index (χ0) is 19.3. The summed E-state index contributed by atoms with van der Waals surface area (Å²) in [4.78, 5) is 26.6. The molecule has 1 aliphatic rings. The van der Waals surface area contributed by atoms with Gasteiger partial charge in [0.05, 0.1) is 11.4 Å². The Hall–Kier alpha value is -1.70. The van der Waals surface area contributed by atoms with E-state index >= 15 is 0 Å². The van der Waals surface area contributed by atoms with E-state index in [1.54, 1.807) is 29.2 Å². The predicted octanol–water partition coefficient (Wildman–Crippen LogP) is 4.17. The number of rotatable bonds is 5. The Morgan fingerprint density at radius 2 is 1.85 bits per heavy atom. The number of halogens is 3. The fourth-order valence-corrected chi connectivity index (χ4v) is 3.59. The third-order valence-electron chi connectivity index (χ3n) is 4.21. The van der Waals surface area contributed by atoms with Crippen molar-refractivity contribution >= 4 is 29.3 Å². The molecule has 144 valence electrons. The second-order valence-electron chi connectivity index (χ2n) is 6.64. The van der Waals surface area contributed by atoms with Crippen LogP contribution in [0.4, 0.5) is 18.9 Å². The predicted molar refractivity (Wildman–Crippen MR) is 96.0 cm³/mol. The van der Waals surface area contributed by atoms with E-state index in [1.165, 1.54) is 0 Å². The van der Waals surface area contributed by atoms with Crippen molar-refractivity contribution in [1.29, 1.82) is 0 Å². The quantitative estimate of drug-likeness (QED) is 0.770. The minimum atomic E-state index is -4.27. The summed E-state index contributed by atoms with van der Waals surface area (Å²) in [5.74, 6) is -1.44. The fraction of sp³-hybridized carbons (Fsp3) is 0.556. The zero-order valence-corrected chi connectivity index (χ0v) is 15.6. The average Bonchev–Trinajstić information content (AvgIpc) is 2.59. The highest BCUT2D eigenvalue weighted by atomic mass is 32.2. The van der Waals surface area contributed by atoms with Crippen LogP contribution in [0.5, 0.6) is 0 Å². The van der Waals surface area contributed by atoms with Crippen LogP contribution in [0.3, 0.4) is 0 Å². The van der Waals surface area contributed by atoms with Crippen molar-refractivity contribution < 1.29 is 22.8 Å². The smallest absolute Gasteiger partial charge is 0.342 e. The average molecular weight is 388 g/mol. The SMILES string of the molecule is CC(C)C(=O)N1CCC(C(=O)Nc2ccccc2SCC(F)(F)F)CC1. The number of nitrogens with one attached hydrogen (secondary N) is 1. The maximum absolute atomic E-state index is 12.5. The molecule has 0 unspecified atom stereocenters. The molecule has 1 aliphatic heterocycles. The molecular weight excluding hydrogens is 365 g/mol. The minimum Gasteiger partial charge on any atom is -0.342 e. The summed E-state index contributed by atoms with van der Waals surface area (Å²) in [6.07, 6.45) is -3.15. The van der Waals surface area contributed by atoms with Crippen molar-refractivity contribution in [3.8, 4) is 0 Å². The summed E-state index contributed by atoms with van der Waals surface area (Å²) in [6.45, 7) is 4.74. The molecule has 1 N–H and O–H groups in total. The van der Waals surface area contributed by atoms with E-state index in [0.29, 0.717) is 48.3 Å². The number of carbonyl (C=O) groups excluding carboxylic acids is 2. The number of piperidine rings is 1. The number of anilines is 1. The zero-order valence-electron chi connectivity index (χ0n) is 14.8. The number of amides is 2. The number of thioether (sulfide) groups is 1. The molecule has 1 heterocycles. The van der Waals surface area contributed by atoms with Crippen molar-refractivity contribution in [2.75, 3.05) is 24.2 Å². The first-order valence-corrected chi connectivity index (χ1v) is 9.54. The molecule has 0 aromatic heterocycles. The minimum absolute atomic E-state index is 0.0714. The van der Waals surface area contributed by atoms with Gasteiger partial charge in [-0.1, -0.05) is 26.0 Å². The van der Waals surface area contributed by atoms with Crippen LogP contribution in [-0.4, -0.2) is 41.7 Å². The fourth-order valence-electron chi connectivity index (χ4n) is 2.82. The maximum atomic E-state index is 12.5. The van der Waals surface area contributed by atoms with Gasteiger partial charge in [0.25, 0.3) is 0 Å². The van der Waals surface area contributed by atoms with E-state index in [0.717, 1.165) is 0 Å². The van der Waals surface area contributed by atoms with Gasteiger partial charge in [0.15, 0.2) is 0 Å². The van der Waals surface area contributed by atoms with Crippen LogP contribution >= 0.6 is 11.8 Å². The van der Waals surface area contributed by atoms with Gasteiger partial charge >= 0.3 is 6.18 Å². The monoisotopic (exact) mass is 388 g/mol. The number of hydrogen-bond acceptors (Lipinski definition) is 3. The summed E-state index contributed by atoms with van der Waals surface area (Å²) in [6, 6.07) is 6.49. The van der Waals surface area contributed by atoms with Gasteiger partial charge in [-0.05, 0) is 25.0 Å². The Morgan fingerprint density at radius 1 is 1.23 bits per heavy atom. The molecule has 0 spiro atoms. The second-order valence-corrected chi connectivity index (χ2v) is 7.66. The topological polar surface area (TPSA) is 49.4 Å². The first-order chi connectivity index (χ1) is 12.2. The van der Waals surface area contributed by atoms with Crippen LogP contribution in [0.1, 0.15) is 26.7 Å². The van der Waals surface area contributed by atoms with E-state index in [-0.39, 0.29) is 23.7 Å². The highest BCUT2D eigenvalue weighted by Crippen LogP contribution is 2.32. The number of alkyl halides is 3. The summed E-state index contributed by atoms with van der Waals surface area (Å²) in [7, 11) is 0. The van der Waals surface area contributed by atoms with Crippen molar-refractivity contribution in [1.82, 2.24) is 4.90 Å². The molecular formula is C18H23F3N2O2S. The molecule has 1 fully saturated rings. The number of carbonyl (C=O) groups is 2. The van der Waals surface area contributed by atoms with Crippen LogP contribution in [0.25, 0.3) is 0 Å². The molecule has 4 nitrogen and oxygen atoms in total. The van der Waals surface area contributed by atoms with E-state index in [9.17, 15) is 22.8 Å². The van der Waals surface area contributed by atoms with E-state index in [1.807, 2.05) is 13.8 Å². The summed E-state index contributed by atoms with van der Waals surface area (Å²) in [5.41, 5.74) is 0.396. The second kappa shape index (κ2) is 8.79. The normalized spacial score (nSPS) is 16.0. The third kappa shape index (κ3) is 5.93. The molecule has 0 bridgehead atoms. The highest BCUT2D eigenvalue weighted by molar-refractivity contribution is 7.99. The lowest BCUT2D eigenvalue weighted by Gasteiger charge is -2.32. The number of para-hydroxylation sites is 1. The Morgan fingerprint density at radius 3 is 2.42 bits per heavy atom. The van der Waals surface area contributed by atoms with Crippen LogP contribution in [-0.2, 0) is 9.59 Å². The molecule has 1 aromatic rings. The first-order valence-electron chi connectivity index (χ1n) is 8.55. The number of hydrogen-bond donors (Lipinski definition) is 1. The Kier molecular flexibility index (Phi) is 6.97. The van der Waals surface area contributed by atoms with Crippen molar-refractivity contribution in [3.05, 3.63) is 24.3 Å². The van der Waals surface area contributed by atoms with Gasteiger partial charge in [-0.2, -0.15) is 13.2 Å². The molecule has 26 heavy (non-hydrogen) atoms. The van der Waals surface area contributed by atoms with E-state index < -0.39 is 11.9 Å². The molecule has 1 aromatic carbocycles. The lowest BCUT2D eigenvalue weighted by atomic mass is 9.95. The van der Waals surface area contributed by atoms with Gasteiger partial charge in [-0.3, -0.25) is 9.59 Å². The molecule has 0 atom stereocenters. The molecule has 0 aliphatic carbocycles. The van der Waals surface area contributed by atoms with Crippen LogP contribution in [0, 0.1) is 11.8 Å². The molecule has 1 saturated heterocycles. The standard InChI is InChI=1S/C18H23F3N2O2S/c1-12(2)17(25)23-9-7-13(8-10-23)16(24)22-14-5-3-4-6-15(14)26-11-18(19,20)21/h3-6,12-13H,7-11H2,1-2H3,(H,22,24). The molecule has 8 heteroatoms. The van der Waals surface area contributed by atoms with Gasteiger partial charge in [0.2, 0.25) is 11.8 Å². The van der Waals surface area contributed by atoms with Crippen molar-refractivity contribution in [2.24, 2.45) is 11.8 Å². The number of benzene rings is 1. The summed E-state index contributed by atoms with van der Waals surface area (Å²) >= 11 is 0.658. The lowest BCUT2D eigenvalue weighted by Crippen LogP contribution is -2.43. The van der Waals surface area contributed by atoms with Gasteiger partial charge in [-0.15, -0.1) is 11.8 Å². The largest absolute Gasteiger partial charge is 0.398 e. The van der Waals surface area contributed by atoms with Gasteiger partial charge in [-0.25, -0.2) is 0 Å². The van der Waals surface area contributed by atoms with Gasteiger partial charge in [0, 0.05) is 29.8 Å². The summed E-state index contributed by atoms with van der Waals surface area (Å²) in [5, 5.41) is 2.75. The third-order valence-corrected chi connectivity index (χ3v) is 5.35. The van der Waals surface area contributed by atoms with Crippen LogP contribution < -0.4 is 5.32 Å². The highest BCUT2D eigenvalue weighted by Gasteiger charge is 2.30. The number of likely N-dealkylation sites (tertiary alicyclic amines) is 1. The molecule has 2 rings (SSSR count). The molecule has 0 saturated carbocycles. The van der Waals surface area contributed by atoms with Crippen molar-refractivity contribution in [2.45, 2.75) is 37.8 Å². The maximum Gasteiger partial charge on any atom is 0.398 e. The van der Waals surface area contributed by atoms with Gasteiger partial charge < -0.3 is 10.2 Å². The summed E-state index contributed by atoms with van der Waals surface area (Å²) < 4.78 is 37.3.